The first-order valence-corrected chi connectivity index (χ1v) is 11.1. The summed E-state index contributed by atoms with van der Waals surface area (Å²) >= 11 is 1.67. The van der Waals surface area contributed by atoms with Crippen LogP contribution in [0.1, 0.15) is 58.6 Å². The van der Waals surface area contributed by atoms with E-state index in [2.05, 4.69) is 21.6 Å². The molecule has 1 spiro atoms. The molecule has 26 heavy (non-hydrogen) atoms. The SMILES string of the molecule is O=C(NCCCCN1CCCC1)c1cc2c(s1)CCOC21CCNCC1. The van der Waals surface area contributed by atoms with E-state index in [0.29, 0.717) is 0 Å². The molecule has 2 saturated heterocycles. The zero-order chi connectivity index (χ0) is 17.8. The highest BCUT2D eigenvalue weighted by Crippen LogP contribution is 2.43. The maximum absolute atomic E-state index is 12.6. The molecule has 4 rings (SSSR count). The summed E-state index contributed by atoms with van der Waals surface area (Å²) in [5.41, 5.74) is 1.14. The summed E-state index contributed by atoms with van der Waals surface area (Å²) in [6.07, 6.45) is 7.89. The number of nitrogens with one attached hydrogen (secondary N) is 2. The Labute approximate surface area is 160 Å². The summed E-state index contributed by atoms with van der Waals surface area (Å²) in [5.74, 6) is 0.0923. The molecule has 6 heteroatoms. The topological polar surface area (TPSA) is 53.6 Å². The molecule has 0 atom stereocenters. The molecule has 2 fully saturated rings. The van der Waals surface area contributed by atoms with E-state index in [-0.39, 0.29) is 11.5 Å². The fourth-order valence-electron chi connectivity index (χ4n) is 4.53. The van der Waals surface area contributed by atoms with Gasteiger partial charge in [-0.05, 0) is 82.9 Å². The third-order valence-corrected chi connectivity index (χ3v) is 7.22. The van der Waals surface area contributed by atoms with Crippen molar-refractivity contribution in [3.05, 3.63) is 21.4 Å². The predicted molar refractivity (Wildman–Crippen MR) is 105 cm³/mol. The molecule has 1 aromatic rings. The maximum Gasteiger partial charge on any atom is 0.261 e. The van der Waals surface area contributed by atoms with E-state index in [1.54, 1.807) is 11.3 Å². The molecular formula is C20H31N3O2S. The molecule has 0 saturated carbocycles. The van der Waals surface area contributed by atoms with Crippen LogP contribution in [0, 0.1) is 0 Å². The minimum atomic E-state index is -0.149. The van der Waals surface area contributed by atoms with E-state index in [0.717, 1.165) is 56.8 Å². The van der Waals surface area contributed by atoms with Gasteiger partial charge in [0.2, 0.25) is 0 Å². The second kappa shape index (κ2) is 8.38. The van der Waals surface area contributed by atoms with E-state index in [1.165, 1.54) is 49.3 Å². The van der Waals surface area contributed by atoms with Gasteiger partial charge < -0.3 is 20.3 Å². The van der Waals surface area contributed by atoms with Crippen molar-refractivity contribution >= 4 is 17.2 Å². The molecule has 3 aliphatic rings. The van der Waals surface area contributed by atoms with Crippen LogP contribution in [0.4, 0.5) is 0 Å². The van der Waals surface area contributed by atoms with Crippen LogP contribution in [0.2, 0.25) is 0 Å². The Kier molecular flexibility index (Phi) is 5.93. The Balaban J connectivity index is 1.29. The molecule has 5 nitrogen and oxygen atoms in total. The van der Waals surface area contributed by atoms with Crippen LogP contribution in [0.3, 0.4) is 0 Å². The van der Waals surface area contributed by atoms with E-state index < -0.39 is 0 Å². The van der Waals surface area contributed by atoms with Gasteiger partial charge in [0, 0.05) is 17.8 Å². The van der Waals surface area contributed by atoms with Gasteiger partial charge in [0.05, 0.1) is 17.1 Å². The Morgan fingerprint density at radius 1 is 1.27 bits per heavy atom. The molecule has 144 valence electrons. The van der Waals surface area contributed by atoms with Gasteiger partial charge in [0.1, 0.15) is 0 Å². The van der Waals surface area contributed by atoms with Crippen molar-refractivity contribution in [3.63, 3.8) is 0 Å². The summed E-state index contributed by atoms with van der Waals surface area (Å²) in [7, 11) is 0. The summed E-state index contributed by atoms with van der Waals surface area (Å²) in [5, 5.41) is 6.54. The van der Waals surface area contributed by atoms with Gasteiger partial charge in [-0.25, -0.2) is 0 Å². The first kappa shape index (κ1) is 18.4. The molecule has 0 aromatic carbocycles. The van der Waals surface area contributed by atoms with Gasteiger partial charge in [-0.1, -0.05) is 0 Å². The number of thiophene rings is 1. The quantitative estimate of drug-likeness (QED) is 0.748. The van der Waals surface area contributed by atoms with E-state index in [4.69, 9.17) is 4.74 Å². The molecule has 0 unspecified atom stereocenters. The Hall–Kier alpha value is -0.950. The van der Waals surface area contributed by atoms with Gasteiger partial charge in [0.25, 0.3) is 5.91 Å². The number of hydrogen-bond donors (Lipinski definition) is 2. The smallest absolute Gasteiger partial charge is 0.261 e. The molecule has 3 aliphatic heterocycles. The van der Waals surface area contributed by atoms with Crippen molar-refractivity contribution in [2.75, 3.05) is 45.9 Å². The number of piperidine rings is 1. The fraction of sp³-hybridized carbons (Fsp3) is 0.750. The van der Waals surface area contributed by atoms with Crippen LogP contribution in [-0.2, 0) is 16.8 Å². The molecule has 0 radical (unpaired) electrons. The summed E-state index contributed by atoms with van der Waals surface area (Å²) in [6.45, 7) is 7.24. The zero-order valence-corrected chi connectivity index (χ0v) is 16.5. The largest absolute Gasteiger partial charge is 0.370 e. The van der Waals surface area contributed by atoms with E-state index in [1.807, 2.05) is 0 Å². The number of ether oxygens (including phenoxy) is 1. The number of nitrogens with zero attached hydrogens (tertiary/aromatic N) is 1. The van der Waals surface area contributed by atoms with E-state index in [9.17, 15) is 4.79 Å². The highest BCUT2D eigenvalue weighted by molar-refractivity contribution is 7.14. The lowest BCUT2D eigenvalue weighted by atomic mass is 9.83. The van der Waals surface area contributed by atoms with Crippen molar-refractivity contribution in [2.45, 2.75) is 50.5 Å². The van der Waals surface area contributed by atoms with Crippen LogP contribution >= 0.6 is 11.3 Å². The Morgan fingerprint density at radius 2 is 2.08 bits per heavy atom. The first-order chi connectivity index (χ1) is 12.8. The number of unbranched alkanes of at least 4 members (excludes halogenated alkanes) is 1. The Bertz CT molecular complexity index is 619. The van der Waals surface area contributed by atoms with Crippen LogP contribution in [-0.4, -0.2) is 56.7 Å². The lowest BCUT2D eigenvalue weighted by molar-refractivity contribution is -0.0792. The maximum atomic E-state index is 12.6. The first-order valence-electron chi connectivity index (χ1n) is 10.3. The number of carbonyl (C=O) groups excluding carboxylic acids is 1. The van der Waals surface area contributed by atoms with Gasteiger partial charge in [-0.3, -0.25) is 4.79 Å². The number of carbonyl (C=O) groups is 1. The lowest BCUT2D eigenvalue weighted by Gasteiger charge is -2.40. The van der Waals surface area contributed by atoms with Crippen LogP contribution in [0.5, 0.6) is 0 Å². The highest BCUT2D eigenvalue weighted by Gasteiger charge is 2.40. The van der Waals surface area contributed by atoms with Crippen LogP contribution < -0.4 is 10.6 Å². The van der Waals surface area contributed by atoms with Crippen molar-refractivity contribution in [3.8, 4) is 0 Å². The van der Waals surface area contributed by atoms with Crippen molar-refractivity contribution in [1.82, 2.24) is 15.5 Å². The summed E-state index contributed by atoms with van der Waals surface area (Å²) in [6, 6.07) is 2.12. The summed E-state index contributed by atoms with van der Waals surface area (Å²) < 4.78 is 6.22. The van der Waals surface area contributed by atoms with Crippen LogP contribution in [0.15, 0.2) is 6.07 Å². The summed E-state index contributed by atoms with van der Waals surface area (Å²) in [4.78, 5) is 17.3. The second-order valence-corrected chi connectivity index (χ2v) is 8.94. The Morgan fingerprint density at radius 3 is 2.88 bits per heavy atom. The molecule has 0 aliphatic carbocycles. The van der Waals surface area contributed by atoms with Crippen molar-refractivity contribution in [1.29, 1.82) is 0 Å². The molecule has 0 bridgehead atoms. The number of rotatable bonds is 6. The molecule has 2 N–H and O–H groups in total. The molecule has 4 heterocycles. The average molecular weight is 378 g/mol. The third kappa shape index (κ3) is 3.98. The van der Waals surface area contributed by atoms with Gasteiger partial charge in [-0.2, -0.15) is 0 Å². The molecule has 1 amide bonds. The number of fused-ring (bicyclic) bond motifs is 2. The average Bonchev–Trinajstić information content (AvgIpc) is 3.32. The van der Waals surface area contributed by atoms with Gasteiger partial charge in [-0.15, -0.1) is 11.3 Å². The monoisotopic (exact) mass is 377 g/mol. The number of likely N-dealkylation sites (tertiary alicyclic amines) is 1. The lowest BCUT2D eigenvalue weighted by Crippen LogP contribution is -2.44. The number of amides is 1. The predicted octanol–water partition coefficient (Wildman–Crippen LogP) is 2.51. The highest BCUT2D eigenvalue weighted by atomic mass is 32.1. The standard InChI is InChI=1S/C20H31N3O2S/c24-19(22-8-1-2-11-23-12-3-4-13-23)18-15-16-17(26-18)5-14-25-20(16)6-9-21-10-7-20/h15,21H,1-14H2,(H,22,24). The van der Waals surface area contributed by atoms with Crippen molar-refractivity contribution < 1.29 is 9.53 Å². The van der Waals surface area contributed by atoms with Crippen molar-refractivity contribution in [2.24, 2.45) is 0 Å². The van der Waals surface area contributed by atoms with Gasteiger partial charge in [0.15, 0.2) is 0 Å². The van der Waals surface area contributed by atoms with E-state index >= 15 is 0 Å². The molecular weight excluding hydrogens is 346 g/mol. The zero-order valence-electron chi connectivity index (χ0n) is 15.6. The van der Waals surface area contributed by atoms with Gasteiger partial charge >= 0.3 is 0 Å². The normalized spacial score (nSPS) is 22.5. The third-order valence-electron chi connectivity index (χ3n) is 6.03. The second-order valence-electron chi connectivity index (χ2n) is 7.80. The minimum Gasteiger partial charge on any atom is -0.370 e. The fourth-order valence-corrected chi connectivity index (χ4v) is 5.68. The molecule has 1 aromatic heterocycles. The minimum absolute atomic E-state index is 0.0923. The number of hydrogen-bond acceptors (Lipinski definition) is 5. The van der Waals surface area contributed by atoms with Crippen LogP contribution in [0.25, 0.3) is 0 Å².